The maximum Gasteiger partial charge on any atom is 0.273 e. The van der Waals surface area contributed by atoms with Crippen LogP contribution in [0, 0.1) is 10.1 Å². The minimum atomic E-state index is -0.490. The highest BCUT2D eigenvalue weighted by Gasteiger charge is 2.35. The zero-order valence-corrected chi connectivity index (χ0v) is 17.9. The van der Waals surface area contributed by atoms with E-state index in [9.17, 15) is 14.9 Å². The zero-order chi connectivity index (χ0) is 21.8. The van der Waals surface area contributed by atoms with Crippen LogP contribution in [0.1, 0.15) is 50.7 Å². The summed E-state index contributed by atoms with van der Waals surface area (Å²) in [7, 11) is 1.43. The van der Waals surface area contributed by atoms with Crippen LogP contribution in [0.5, 0.6) is 5.75 Å². The third-order valence-corrected chi connectivity index (χ3v) is 5.56. The van der Waals surface area contributed by atoms with Gasteiger partial charge in [0.2, 0.25) is 5.91 Å². The van der Waals surface area contributed by atoms with Gasteiger partial charge in [-0.3, -0.25) is 19.8 Å². The molecule has 1 aliphatic rings. The molecule has 1 aliphatic carbocycles. The third-order valence-electron chi connectivity index (χ3n) is 5.56. The lowest BCUT2D eigenvalue weighted by atomic mass is 10.0. The molecule has 0 bridgehead atoms. The summed E-state index contributed by atoms with van der Waals surface area (Å²) in [6.45, 7) is 6.94. The van der Waals surface area contributed by atoms with Crippen molar-refractivity contribution in [1.29, 1.82) is 0 Å². The molecule has 0 aliphatic heterocycles. The first-order valence-electron chi connectivity index (χ1n) is 10.3. The number of carbonyl (C=O) groups is 1. The van der Waals surface area contributed by atoms with Crippen molar-refractivity contribution in [3.63, 3.8) is 0 Å². The van der Waals surface area contributed by atoms with Crippen LogP contribution >= 0.6 is 0 Å². The zero-order valence-electron chi connectivity index (χ0n) is 17.9. The molecule has 2 aromatic rings. The number of nitro groups is 1. The highest BCUT2D eigenvalue weighted by atomic mass is 16.6. The van der Waals surface area contributed by atoms with Gasteiger partial charge in [0.15, 0.2) is 0 Å². The lowest BCUT2D eigenvalue weighted by Crippen LogP contribution is -2.43. The number of anilines is 1. The Morgan fingerprint density at radius 1 is 1.20 bits per heavy atom. The highest BCUT2D eigenvalue weighted by Crippen LogP contribution is 2.32. The lowest BCUT2D eigenvalue weighted by molar-refractivity contribution is -0.384. The molecular weight excluding hydrogens is 382 g/mol. The van der Waals surface area contributed by atoms with Gasteiger partial charge in [-0.25, -0.2) is 0 Å². The van der Waals surface area contributed by atoms with E-state index in [0.717, 1.165) is 12.8 Å². The van der Waals surface area contributed by atoms with E-state index in [0.29, 0.717) is 24.2 Å². The van der Waals surface area contributed by atoms with Crippen molar-refractivity contribution in [2.75, 3.05) is 12.4 Å². The molecule has 0 saturated heterocycles. The molecule has 0 unspecified atom stereocenters. The van der Waals surface area contributed by atoms with E-state index in [1.165, 1.54) is 36.4 Å². The Hall–Kier alpha value is -2.93. The number of amides is 1. The van der Waals surface area contributed by atoms with Crippen LogP contribution in [0.4, 0.5) is 11.4 Å². The summed E-state index contributed by atoms with van der Waals surface area (Å²) >= 11 is 0. The maximum absolute atomic E-state index is 13.0. The number of hydrogen-bond acceptors (Lipinski definition) is 5. The average Bonchev–Trinajstić information content (AvgIpc) is 3.57. The smallest absolute Gasteiger partial charge is 0.273 e. The average molecular weight is 412 g/mol. The van der Waals surface area contributed by atoms with Gasteiger partial charge in [0.25, 0.3) is 5.69 Å². The van der Waals surface area contributed by atoms with Crippen LogP contribution in [0.15, 0.2) is 42.5 Å². The molecule has 30 heavy (non-hydrogen) atoms. The Morgan fingerprint density at radius 2 is 1.87 bits per heavy atom. The summed E-state index contributed by atoms with van der Waals surface area (Å²) in [5.41, 5.74) is 2.82. The number of ether oxygens (including phenoxy) is 1. The van der Waals surface area contributed by atoms with Gasteiger partial charge >= 0.3 is 0 Å². The van der Waals surface area contributed by atoms with E-state index >= 15 is 0 Å². The van der Waals surface area contributed by atoms with Gasteiger partial charge in [0, 0.05) is 18.7 Å². The van der Waals surface area contributed by atoms with Crippen molar-refractivity contribution >= 4 is 17.3 Å². The van der Waals surface area contributed by atoms with Gasteiger partial charge in [0.05, 0.1) is 29.8 Å². The van der Waals surface area contributed by atoms with E-state index in [1.54, 1.807) is 0 Å². The first kappa shape index (κ1) is 21.8. The predicted octanol–water partition coefficient (Wildman–Crippen LogP) is 4.72. The van der Waals surface area contributed by atoms with Crippen molar-refractivity contribution in [3.8, 4) is 5.75 Å². The van der Waals surface area contributed by atoms with Crippen LogP contribution in [0.25, 0.3) is 0 Å². The molecule has 1 atom stereocenters. The monoisotopic (exact) mass is 411 g/mol. The standard InChI is InChI=1S/C23H29N3O4/c1-15(2)18-7-5-17(6-8-18)14-25(19-9-10-19)16(3)23(27)24-21-12-11-20(26(28)29)13-22(21)30-4/h5-8,11-13,15-16,19H,9-10,14H2,1-4H3,(H,24,27)/t16-/m1/s1. The van der Waals surface area contributed by atoms with Crippen molar-refractivity contribution in [3.05, 3.63) is 63.7 Å². The molecule has 0 spiro atoms. The molecule has 7 heteroatoms. The summed E-state index contributed by atoms with van der Waals surface area (Å²) in [4.78, 5) is 25.7. The number of nitro benzene ring substituents is 1. The van der Waals surface area contributed by atoms with Crippen molar-refractivity contribution < 1.29 is 14.5 Å². The van der Waals surface area contributed by atoms with Gasteiger partial charge in [-0.2, -0.15) is 0 Å². The molecule has 1 N–H and O–H groups in total. The van der Waals surface area contributed by atoms with Gasteiger partial charge in [-0.05, 0) is 42.9 Å². The Kier molecular flexibility index (Phi) is 6.72. The van der Waals surface area contributed by atoms with Crippen molar-refractivity contribution in [1.82, 2.24) is 4.90 Å². The van der Waals surface area contributed by atoms with E-state index in [1.807, 2.05) is 6.92 Å². The Labute approximate surface area is 177 Å². The molecule has 0 aromatic heterocycles. The fourth-order valence-corrected chi connectivity index (χ4v) is 3.49. The Morgan fingerprint density at radius 3 is 2.40 bits per heavy atom. The first-order chi connectivity index (χ1) is 14.3. The second kappa shape index (κ2) is 9.26. The minimum absolute atomic E-state index is 0.0812. The molecule has 0 radical (unpaired) electrons. The number of benzene rings is 2. The normalized spacial score (nSPS) is 14.6. The molecule has 3 rings (SSSR count). The predicted molar refractivity (Wildman–Crippen MR) is 117 cm³/mol. The summed E-state index contributed by atoms with van der Waals surface area (Å²) in [6.07, 6.45) is 2.17. The molecule has 7 nitrogen and oxygen atoms in total. The largest absolute Gasteiger partial charge is 0.494 e. The summed E-state index contributed by atoms with van der Waals surface area (Å²) in [5.74, 6) is 0.597. The van der Waals surface area contributed by atoms with Gasteiger partial charge in [-0.15, -0.1) is 0 Å². The van der Waals surface area contributed by atoms with Crippen LogP contribution in [0.2, 0.25) is 0 Å². The van der Waals surface area contributed by atoms with Gasteiger partial charge in [0.1, 0.15) is 5.75 Å². The summed E-state index contributed by atoms with van der Waals surface area (Å²) in [6, 6.07) is 12.8. The quantitative estimate of drug-likeness (QED) is 0.477. The first-order valence-corrected chi connectivity index (χ1v) is 10.3. The fraction of sp³-hybridized carbons (Fsp3) is 0.435. The number of hydrogen-bond donors (Lipinski definition) is 1. The van der Waals surface area contributed by atoms with Gasteiger partial charge < -0.3 is 10.1 Å². The minimum Gasteiger partial charge on any atom is -0.494 e. The molecule has 0 heterocycles. The van der Waals surface area contributed by atoms with Gasteiger partial charge in [-0.1, -0.05) is 38.1 Å². The topological polar surface area (TPSA) is 84.7 Å². The van der Waals surface area contributed by atoms with E-state index in [4.69, 9.17) is 4.74 Å². The number of carbonyl (C=O) groups excluding carboxylic acids is 1. The Balaban J connectivity index is 1.72. The maximum atomic E-state index is 13.0. The van der Waals surface area contributed by atoms with E-state index < -0.39 is 4.92 Å². The Bertz CT molecular complexity index is 907. The SMILES string of the molecule is COc1cc([N+](=O)[O-])ccc1NC(=O)[C@@H](C)N(Cc1ccc(C(C)C)cc1)C1CC1. The second-order valence-corrected chi connectivity index (χ2v) is 8.11. The van der Waals surface area contributed by atoms with E-state index in [2.05, 4.69) is 48.3 Å². The van der Waals surface area contributed by atoms with Crippen molar-refractivity contribution in [2.24, 2.45) is 0 Å². The summed E-state index contributed by atoms with van der Waals surface area (Å²) in [5, 5.41) is 13.8. The molecule has 2 aromatic carbocycles. The third kappa shape index (κ3) is 5.16. The van der Waals surface area contributed by atoms with Crippen LogP contribution in [-0.2, 0) is 11.3 Å². The fourth-order valence-electron chi connectivity index (χ4n) is 3.49. The molecular formula is C23H29N3O4. The molecule has 160 valence electrons. The summed E-state index contributed by atoms with van der Waals surface area (Å²) < 4.78 is 5.23. The lowest BCUT2D eigenvalue weighted by Gasteiger charge is -2.28. The molecule has 1 fully saturated rings. The number of methoxy groups -OCH3 is 1. The second-order valence-electron chi connectivity index (χ2n) is 8.11. The number of nitrogens with zero attached hydrogens (tertiary/aromatic N) is 2. The van der Waals surface area contributed by atoms with E-state index in [-0.39, 0.29) is 23.4 Å². The highest BCUT2D eigenvalue weighted by molar-refractivity contribution is 5.96. The number of rotatable bonds is 9. The van der Waals surface area contributed by atoms with Crippen molar-refractivity contribution in [2.45, 2.75) is 58.2 Å². The van der Waals surface area contributed by atoms with Crippen LogP contribution < -0.4 is 10.1 Å². The molecule has 1 saturated carbocycles. The number of nitrogens with one attached hydrogen (secondary N) is 1. The number of non-ortho nitro benzene ring substituents is 1. The molecule has 1 amide bonds. The van der Waals surface area contributed by atoms with Crippen LogP contribution in [0.3, 0.4) is 0 Å². The van der Waals surface area contributed by atoms with Crippen LogP contribution in [-0.4, -0.2) is 34.9 Å².